The predicted molar refractivity (Wildman–Crippen MR) is 92.8 cm³/mol. The van der Waals surface area contributed by atoms with Crippen molar-refractivity contribution in [3.8, 4) is 0 Å². The van der Waals surface area contributed by atoms with Crippen LogP contribution in [0.1, 0.15) is 11.4 Å². The van der Waals surface area contributed by atoms with Gasteiger partial charge in [0.15, 0.2) is 0 Å². The number of rotatable bonds is 3. The summed E-state index contributed by atoms with van der Waals surface area (Å²) < 4.78 is 41.4. The Labute approximate surface area is 155 Å². The lowest BCUT2D eigenvalue weighted by Crippen LogP contribution is -2.42. The summed E-state index contributed by atoms with van der Waals surface area (Å²) in [7, 11) is 2.78. The molecule has 0 spiro atoms. The van der Waals surface area contributed by atoms with Crippen molar-refractivity contribution in [2.75, 3.05) is 5.32 Å². The van der Waals surface area contributed by atoms with E-state index in [4.69, 9.17) is 0 Å². The van der Waals surface area contributed by atoms with Crippen LogP contribution in [0.5, 0.6) is 0 Å². The van der Waals surface area contributed by atoms with Crippen LogP contribution >= 0.6 is 0 Å². The Morgan fingerprint density at radius 2 is 1.89 bits per heavy atom. The molecule has 28 heavy (non-hydrogen) atoms. The first kappa shape index (κ1) is 19.3. The monoisotopic (exact) mass is 396 g/mol. The Morgan fingerprint density at radius 1 is 1.21 bits per heavy atom. The van der Waals surface area contributed by atoms with Gasteiger partial charge >= 0.3 is 11.9 Å². The quantitative estimate of drug-likeness (QED) is 0.705. The van der Waals surface area contributed by atoms with Gasteiger partial charge in [0.1, 0.15) is 23.7 Å². The van der Waals surface area contributed by atoms with Crippen molar-refractivity contribution in [2.24, 2.45) is 14.1 Å². The lowest BCUT2D eigenvalue weighted by Gasteiger charge is -2.12. The van der Waals surface area contributed by atoms with Crippen molar-refractivity contribution in [1.29, 1.82) is 0 Å². The summed E-state index contributed by atoms with van der Waals surface area (Å²) in [5.74, 6) is -0.300. The molecule has 9 nitrogen and oxygen atoms in total. The van der Waals surface area contributed by atoms with Crippen molar-refractivity contribution in [3.05, 3.63) is 50.4 Å². The van der Waals surface area contributed by atoms with Crippen LogP contribution in [-0.2, 0) is 31.6 Å². The normalized spacial score (nSPS) is 11.8. The minimum atomic E-state index is -4.72. The largest absolute Gasteiger partial charge is 0.433 e. The van der Waals surface area contributed by atoms with Crippen molar-refractivity contribution < 1.29 is 18.0 Å². The van der Waals surface area contributed by atoms with Gasteiger partial charge in [0.05, 0.1) is 11.1 Å². The van der Waals surface area contributed by atoms with E-state index >= 15 is 0 Å². The van der Waals surface area contributed by atoms with E-state index < -0.39 is 41.2 Å². The zero-order chi connectivity index (χ0) is 20.8. The van der Waals surface area contributed by atoms with Crippen LogP contribution in [0.3, 0.4) is 0 Å². The van der Waals surface area contributed by atoms with Crippen LogP contribution < -0.4 is 16.6 Å². The van der Waals surface area contributed by atoms with E-state index in [9.17, 15) is 27.6 Å². The third kappa shape index (κ3) is 3.40. The summed E-state index contributed by atoms with van der Waals surface area (Å²) in [6, 6.07) is 3.19. The van der Waals surface area contributed by atoms with Gasteiger partial charge in [0, 0.05) is 20.2 Å². The number of alkyl halides is 3. The summed E-state index contributed by atoms with van der Waals surface area (Å²) in [5, 5.41) is 6.37. The molecule has 0 aliphatic rings. The number of hydrogen-bond acceptors (Lipinski definition) is 5. The first-order valence-electron chi connectivity index (χ1n) is 7.97. The molecule has 0 saturated heterocycles. The fourth-order valence-electron chi connectivity index (χ4n) is 2.73. The van der Waals surface area contributed by atoms with Crippen molar-refractivity contribution >= 4 is 22.8 Å². The van der Waals surface area contributed by atoms with E-state index in [0.29, 0.717) is 22.1 Å². The SMILES string of the molecule is Cc1cc(NC(=O)Cn2c(=O)c3ccc(C(F)(F)F)nc3n(C)c2=O)n(C)n1. The molecule has 0 unspecified atom stereocenters. The maximum absolute atomic E-state index is 12.8. The van der Waals surface area contributed by atoms with Crippen LogP contribution in [0.4, 0.5) is 19.0 Å². The number of anilines is 1. The average molecular weight is 396 g/mol. The summed E-state index contributed by atoms with van der Waals surface area (Å²) in [6.45, 7) is 1.11. The Balaban J connectivity index is 2.02. The number of carbonyl (C=O) groups is 1. The topological polar surface area (TPSA) is 104 Å². The van der Waals surface area contributed by atoms with Crippen LogP contribution in [-0.4, -0.2) is 29.8 Å². The maximum Gasteiger partial charge on any atom is 0.433 e. The molecule has 0 radical (unpaired) electrons. The van der Waals surface area contributed by atoms with Gasteiger partial charge < -0.3 is 5.32 Å². The molecule has 1 N–H and O–H groups in total. The van der Waals surface area contributed by atoms with Gasteiger partial charge in [-0.05, 0) is 19.1 Å². The highest BCUT2D eigenvalue weighted by Crippen LogP contribution is 2.28. The molecule has 0 atom stereocenters. The van der Waals surface area contributed by atoms with Gasteiger partial charge in [0.2, 0.25) is 5.91 Å². The number of aromatic nitrogens is 5. The van der Waals surface area contributed by atoms with E-state index in [1.54, 1.807) is 20.0 Å². The number of aryl methyl sites for hydroxylation is 3. The molecule has 3 heterocycles. The molecule has 0 saturated carbocycles. The number of pyridine rings is 1. The number of fused-ring (bicyclic) bond motifs is 1. The molecule has 12 heteroatoms. The Kier molecular flexibility index (Phi) is 4.57. The number of nitrogens with one attached hydrogen (secondary N) is 1. The fourth-order valence-corrected chi connectivity index (χ4v) is 2.73. The van der Waals surface area contributed by atoms with Gasteiger partial charge in [-0.1, -0.05) is 0 Å². The molecule has 3 aromatic rings. The highest BCUT2D eigenvalue weighted by molar-refractivity contribution is 5.90. The van der Waals surface area contributed by atoms with Gasteiger partial charge in [-0.3, -0.25) is 23.4 Å². The molecule has 0 fully saturated rings. The van der Waals surface area contributed by atoms with Crippen LogP contribution in [0.25, 0.3) is 11.0 Å². The maximum atomic E-state index is 12.8. The average Bonchev–Trinajstić information content (AvgIpc) is 2.92. The molecule has 3 aromatic heterocycles. The highest BCUT2D eigenvalue weighted by atomic mass is 19.4. The number of nitrogens with zero attached hydrogens (tertiary/aromatic N) is 5. The van der Waals surface area contributed by atoms with Crippen molar-refractivity contribution in [2.45, 2.75) is 19.6 Å². The number of halogens is 3. The van der Waals surface area contributed by atoms with E-state index in [-0.39, 0.29) is 5.39 Å². The summed E-state index contributed by atoms with van der Waals surface area (Å²) >= 11 is 0. The van der Waals surface area contributed by atoms with Gasteiger partial charge in [0.25, 0.3) is 5.56 Å². The third-order valence-corrected chi connectivity index (χ3v) is 4.05. The third-order valence-electron chi connectivity index (χ3n) is 4.05. The second-order valence-corrected chi connectivity index (χ2v) is 6.14. The Hall–Kier alpha value is -3.44. The zero-order valence-electron chi connectivity index (χ0n) is 15.0. The van der Waals surface area contributed by atoms with Gasteiger partial charge in [-0.25, -0.2) is 9.78 Å². The Morgan fingerprint density at radius 3 is 2.46 bits per heavy atom. The molecule has 0 aliphatic heterocycles. The Bertz CT molecular complexity index is 1210. The molecule has 3 rings (SSSR count). The molecule has 0 aromatic carbocycles. The zero-order valence-corrected chi connectivity index (χ0v) is 15.0. The summed E-state index contributed by atoms with van der Waals surface area (Å²) in [4.78, 5) is 40.6. The smallest absolute Gasteiger partial charge is 0.309 e. The standard InChI is InChI=1S/C16H15F3N6O3/c1-8-6-11(24(3)22-8)21-12(26)7-25-14(27)9-4-5-10(16(17,18)19)20-13(9)23(2)15(25)28/h4-6H,7H2,1-3H3,(H,21,26). The van der Waals surface area contributed by atoms with Crippen LogP contribution in [0.2, 0.25) is 0 Å². The molecular formula is C16H15F3N6O3. The second-order valence-electron chi connectivity index (χ2n) is 6.14. The van der Waals surface area contributed by atoms with E-state index in [1.807, 2.05) is 0 Å². The minimum Gasteiger partial charge on any atom is -0.309 e. The molecule has 148 valence electrons. The molecular weight excluding hydrogens is 381 g/mol. The number of carbonyl (C=O) groups excluding carboxylic acids is 1. The lowest BCUT2D eigenvalue weighted by molar-refractivity contribution is -0.141. The minimum absolute atomic E-state index is 0.209. The van der Waals surface area contributed by atoms with E-state index in [1.165, 1.54) is 11.7 Å². The first-order chi connectivity index (χ1) is 13.0. The number of hydrogen-bond donors (Lipinski definition) is 1. The molecule has 0 aliphatic carbocycles. The van der Waals surface area contributed by atoms with Crippen molar-refractivity contribution in [1.82, 2.24) is 23.9 Å². The number of amides is 1. The fraction of sp³-hybridized carbons (Fsp3) is 0.312. The van der Waals surface area contributed by atoms with Crippen molar-refractivity contribution in [3.63, 3.8) is 0 Å². The predicted octanol–water partition coefficient (Wildman–Crippen LogP) is 0.795. The van der Waals surface area contributed by atoms with Crippen LogP contribution in [0.15, 0.2) is 27.8 Å². The van der Waals surface area contributed by atoms with E-state index in [2.05, 4.69) is 15.4 Å². The van der Waals surface area contributed by atoms with Gasteiger partial charge in [-0.15, -0.1) is 0 Å². The lowest BCUT2D eigenvalue weighted by atomic mass is 10.2. The molecule has 0 bridgehead atoms. The van der Waals surface area contributed by atoms with E-state index in [0.717, 1.165) is 10.6 Å². The first-order valence-corrected chi connectivity index (χ1v) is 7.97. The summed E-state index contributed by atoms with van der Waals surface area (Å²) in [6.07, 6.45) is -4.72. The summed E-state index contributed by atoms with van der Waals surface area (Å²) in [5.41, 5.74) is -2.85. The van der Waals surface area contributed by atoms with Gasteiger partial charge in [-0.2, -0.15) is 18.3 Å². The highest BCUT2D eigenvalue weighted by Gasteiger charge is 2.33. The second kappa shape index (κ2) is 6.62. The molecule has 1 amide bonds. The van der Waals surface area contributed by atoms with Crippen LogP contribution in [0, 0.1) is 6.92 Å².